The third-order valence-corrected chi connectivity index (χ3v) is 3.36. The molecule has 1 fully saturated rings. The van der Waals surface area contributed by atoms with Crippen molar-refractivity contribution in [2.24, 2.45) is 0 Å². The average molecular weight is 207 g/mol. The molecule has 76 valence electrons. The van der Waals surface area contributed by atoms with Crippen molar-refractivity contribution >= 4 is 12.6 Å². The number of nitrogens with zero attached hydrogens (tertiary/aromatic N) is 1. The van der Waals surface area contributed by atoms with E-state index in [1.54, 1.807) is 0 Å². The lowest BCUT2D eigenvalue weighted by Crippen LogP contribution is -2.30. The Kier molecular flexibility index (Phi) is 3.49. The van der Waals surface area contributed by atoms with Crippen molar-refractivity contribution in [2.75, 3.05) is 12.3 Å². The maximum absolute atomic E-state index is 4.40. The summed E-state index contributed by atoms with van der Waals surface area (Å²) >= 11 is 4.40. The Hall–Kier alpha value is -0.470. The number of likely N-dealkylation sites (tertiary alicyclic amines) is 1. The molecule has 0 N–H and O–H groups in total. The summed E-state index contributed by atoms with van der Waals surface area (Å²) in [5.74, 6) is 0.993. The zero-order chi connectivity index (χ0) is 9.80. The fourth-order valence-corrected chi connectivity index (χ4v) is 2.54. The molecule has 1 unspecified atom stereocenters. The molecular formula is C12H17NS. The van der Waals surface area contributed by atoms with Gasteiger partial charge in [-0.05, 0) is 24.9 Å². The fraction of sp³-hybridized carbons (Fsp3) is 0.500. The molecule has 1 nitrogen and oxygen atoms in total. The molecule has 1 aromatic rings. The maximum atomic E-state index is 4.40. The van der Waals surface area contributed by atoms with Gasteiger partial charge in [0.2, 0.25) is 0 Å². The van der Waals surface area contributed by atoms with Crippen LogP contribution in [0.25, 0.3) is 0 Å². The van der Waals surface area contributed by atoms with Gasteiger partial charge in [0, 0.05) is 18.3 Å². The van der Waals surface area contributed by atoms with Crippen LogP contribution in [0.2, 0.25) is 0 Å². The van der Waals surface area contributed by atoms with Crippen LogP contribution in [0.1, 0.15) is 18.4 Å². The average Bonchev–Trinajstić information content (AvgIpc) is 2.67. The third kappa shape index (κ3) is 2.31. The lowest BCUT2D eigenvalue weighted by molar-refractivity contribution is 0.264. The Labute approximate surface area is 91.5 Å². The number of thiol groups is 1. The molecule has 1 heterocycles. The quantitative estimate of drug-likeness (QED) is 0.746. The molecule has 0 aromatic heterocycles. The standard InChI is InChI=1S/C12H17NS/c14-10-12-7-4-8-13(12)9-11-5-2-1-3-6-11/h1-3,5-6,12,14H,4,7-10H2. The molecular weight excluding hydrogens is 190 g/mol. The molecule has 1 aliphatic heterocycles. The Morgan fingerprint density at radius 1 is 1.29 bits per heavy atom. The van der Waals surface area contributed by atoms with Gasteiger partial charge in [-0.25, -0.2) is 0 Å². The van der Waals surface area contributed by atoms with E-state index in [0.717, 1.165) is 12.3 Å². The van der Waals surface area contributed by atoms with Gasteiger partial charge in [0.05, 0.1) is 0 Å². The highest BCUT2D eigenvalue weighted by Gasteiger charge is 2.22. The van der Waals surface area contributed by atoms with Crippen LogP contribution in [0.15, 0.2) is 30.3 Å². The van der Waals surface area contributed by atoms with Crippen molar-refractivity contribution in [1.29, 1.82) is 0 Å². The minimum atomic E-state index is 0.693. The van der Waals surface area contributed by atoms with E-state index >= 15 is 0 Å². The molecule has 1 aliphatic rings. The summed E-state index contributed by atoms with van der Waals surface area (Å²) in [6.45, 7) is 2.33. The predicted octanol–water partition coefficient (Wildman–Crippen LogP) is 2.58. The van der Waals surface area contributed by atoms with Crippen LogP contribution >= 0.6 is 12.6 Å². The lowest BCUT2D eigenvalue weighted by atomic mass is 10.2. The van der Waals surface area contributed by atoms with Crippen molar-refractivity contribution in [2.45, 2.75) is 25.4 Å². The van der Waals surface area contributed by atoms with Gasteiger partial charge in [0.1, 0.15) is 0 Å². The number of benzene rings is 1. The Balaban J connectivity index is 1.97. The Bertz CT molecular complexity index is 273. The highest BCUT2D eigenvalue weighted by Crippen LogP contribution is 2.20. The van der Waals surface area contributed by atoms with Gasteiger partial charge in [-0.2, -0.15) is 12.6 Å². The Morgan fingerprint density at radius 3 is 2.79 bits per heavy atom. The van der Waals surface area contributed by atoms with Crippen molar-refractivity contribution in [3.63, 3.8) is 0 Å². The van der Waals surface area contributed by atoms with E-state index in [-0.39, 0.29) is 0 Å². The highest BCUT2D eigenvalue weighted by molar-refractivity contribution is 7.80. The zero-order valence-corrected chi connectivity index (χ0v) is 9.29. The van der Waals surface area contributed by atoms with Gasteiger partial charge in [-0.15, -0.1) is 0 Å². The minimum absolute atomic E-state index is 0.693. The molecule has 0 radical (unpaired) electrons. The molecule has 14 heavy (non-hydrogen) atoms. The van der Waals surface area contributed by atoms with Crippen LogP contribution < -0.4 is 0 Å². The monoisotopic (exact) mass is 207 g/mol. The highest BCUT2D eigenvalue weighted by atomic mass is 32.1. The van der Waals surface area contributed by atoms with Crippen molar-refractivity contribution < 1.29 is 0 Å². The second kappa shape index (κ2) is 4.85. The first-order chi connectivity index (χ1) is 6.90. The fourth-order valence-electron chi connectivity index (χ4n) is 2.13. The summed E-state index contributed by atoms with van der Waals surface area (Å²) in [6, 6.07) is 11.4. The van der Waals surface area contributed by atoms with E-state index in [1.807, 2.05) is 0 Å². The topological polar surface area (TPSA) is 3.24 Å². The molecule has 2 rings (SSSR count). The zero-order valence-electron chi connectivity index (χ0n) is 8.39. The summed E-state index contributed by atoms with van der Waals surface area (Å²) in [7, 11) is 0. The van der Waals surface area contributed by atoms with E-state index < -0.39 is 0 Å². The first-order valence-corrected chi connectivity index (χ1v) is 5.92. The summed E-state index contributed by atoms with van der Waals surface area (Å²) < 4.78 is 0. The summed E-state index contributed by atoms with van der Waals surface area (Å²) in [6.07, 6.45) is 2.65. The molecule has 1 aromatic carbocycles. The largest absolute Gasteiger partial charge is 0.295 e. The van der Waals surface area contributed by atoms with Crippen molar-refractivity contribution in [3.8, 4) is 0 Å². The van der Waals surface area contributed by atoms with Crippen molar-refractivity contribution in [1.82, 2.24) is 4.90 Å². The number of hydrogen-bond donors (Lipinski definition) is 1. The summed E-state index contributed by atoms with van der Waals surface area (Å²) in [5, 5.41) is 0. The lowest BCUT2D eigenvalue weighted by Gasteiger charge is -2.22. The third-order valence-electron chi connectivity index (χ3n) is 2.94. The smallest absolute Gasteiger partial charge is 0.0237 e. The SMILES string of the molecule is SCC1CCCN1Cc1ccccc1. The molecule has 1 atom stereocenters. The van der Waals surface area contributed by atoms with Crippen LogP contribution in [-0.4, -0.2) is 23.2 Å². The van der Waals surface area contributed by atoms with E-state index in [0.29, 0.717) is 6.04 Å². The summed E-state index contributed by atoms with van der Waals surface area (Å²) in [4.78, 5) is 2.54. The van der Waals surface area contributed by atoms with Crippen LogP contribution in [0.4, 0.5) is 0 Å². The first kappa shape index (κ1) is 10.1. The van der Waals surface area contributed by atoms with Crippen molar-refractivity contribution in [3.05, 3.63) is 35.9 Å². The molecule has 0 bridgehead atoms. The Morgan fingerprint density at radius 2 is 2.07 bits per heavy atom. The summed E-state index contributed by atoms with van der Waals surface area (Å²) in [5.41, 5.74) is 1.42. The maximum Gasteiger partial charge on any atom is 0.0237 e. The van der Waals surface area contributed by atoms with E-state index in [4.69, 9.17) is 0 Å². The van der Waals surface area contributed by atoms with Gasteiger partial charge in [0.15, 0.2) is 0 Å². The molecule has 0 saturated carbocycles. The van der Waals surface area contributed by atoms with E-state index in [1.165, 1.54) is 24.9 Å². The number of rotatable bonds is 3. The first-order valence-electron chi connectivity index (χ1n) is 5.29. The van der Waals surface area contributed by atoms with E-state index in [2.05, 4.69) is 47.9 Å². The van der Waals surface area contributed by atoms with Gasteiger partial charge in [-0.1, -0.05) is 30.3 Å². The van der Waals surface area contributed by atoms with Gasteiger partial charge >= 0.3 is 0 Å². The molecule has 1 saturated heterocycles. The van der Waals surface area contributed by atoms with E-state index in [9.17, 15) is 0 Å². The molecule has 2 heteroatoms. The van der Waals surface area contributed by atoms with Gasteiger partial charge < -0.3 is 0 Å². The second-order valence-corrected chi connectivity index (χ2v) is 4.30. The molecule has 0 amide bonds. The number of hydrogen-bond acceptors (Lipinski definition) is 2. The van der Waals surface area contributed by atoms with Crippen LogP contribution in [0, 0.1) is 0 Å². The predicted molar refractivity (Wildman–Crippen MR) is 63.7 cm³/mol. The van der Waals surface area contributed by atoms with Gasteiger partial charge in [-0.3, -0.25) is 4.90 Å². The van der Waals surface area contributed by atoms with Crippen LogP contribution in [0.3, 0.4) is 0 Å². The van der Waals surface area contributed by atoms with Gasteiger partial charge in [0.25, 0.3) is 0 Å². The molecule has 0 spiro atoms. The normalized spacial score (nSPS) is 22.8. The van der Waals surface area contributed by atoms with Crippen LogP contribution in [-0.2, 0) is 6.54 Å². The van der Waals surface area contributed by atoms with Crippen LogP contribution in [0.5, 0.6) is 0 Å². The minimum Gasteiger partial charge on any atom is -0.295 e. The second-order valence-electron chi connectivity index (χ2n) is 3.93. The molecule has 0 aliphatic carbocycles.